The van der Waals surface area contributed by atoms with Crippen LogP contribution in [-0.4, -0.2) is 42.6 Å². The summed E-state index contributed by atoms with van der Waals surface area (Å²) in [6.45, 7) is 5.71. The Balaban J connectivity index is 1.85. The minimum absolute atomic E-state index is 0.178. The number of hydrogen-bond acceptors (Lipinski definition) is 5. The highest BCUT2D eigenvalue weighted by Crippen LogP contribution is 2.16. The van der Waals surface area contributed by atoms with Crippen LogP contribution >= 0.6 is 11.8 Å². The van der Waals surface area contributed by atoms with Gasteiger partial charge in [-0.2, -0.15) is 0 Å². The normalized spacial score (nSPS) is 14.5. The number of ether oxygens (including phenoxy) is 2. The standard InChI is InChI=1S/C24H45NO3S/c1-3-4-5-6-7-8-9-10-11-12-13-14-15-16-18-27-21-24(28-23(2)26)20-25-17-19-29-22-25/h17,19,24H,3-16,18,20-22H2,1-2H3. The molecule has 29 heavy (non-hydrogen) atoms. The molecule has 0 fully saturated rings. The second-order valence-corrected chi connectivity index (χ2v) is 9.12. The Kier molecular flexibility index (Phi) is 17.5. The highest BCUT2D eigenvalue weighted by atomic mass is 32.2. The molecule has 0 spiro atoms. The fourth-order valence-corrected chi connectivity index (χ4v) is 4.39. The second-order valence-electron chi connectivity index (χ2n) is 8.25. The van der Waals surface area contributed by atoms with Crippen LogP contribution in [0.4, 0.5) is 0 Å². The monoisotopic (exact) mass is 427 g/mol. The lowest BCUT2D eigenvalue weighted by Gasteiger charge is -2.23. The Labute approximate surface area is 184 Å². The lowest BCUT2D eigenvalue weighted by atomic mass is 10.0. The molecule has 0 N–H and O–H groups in total. The molecule has 4 nitrogen and oxygen atoms in total. The smallest absolute Gasteiger partial charge is 0.303 e. The zero-order chi connectivity index (χ0) is 21.0. The SMILES string of the molecule is CCCCCCCCCCCCCCCCOCC(CN1C=CSC1)OC(C)=O. The maximum absolute atomic E-state index is 11.3. The number of esters is 1. The van der Waals surface area contributed by atoms with Gasteiger partial charge in [-0.15, -0.1) is 11.8 Å². The topological polar surface area (TPSA) is 38.8 Å². The van der Waals surface area contributed by atoms with Crippen molar-refractivity contribution in [2.24, 2.45) is 0 Å². The maximum Gasteiger partial charge on any atom is 0.303 e. The van der Waals surface area contributed by atoms with Crippen LogP contribution in [-0.2, 0) is 14.3 Å². The van der Waals surface area contributed by atoms with E-state index in [4.69, 9.17) is 9.47 Å². The molecule has 0 aromatic carbocycles. The molecule has 1 atom stereocenters. The van der Waals surface area contributed by atoms with E-state index < -0.39 is 0 Å². The summed E-state index contributed by atoms with van der Waals surface area (Å²) in [7, 11) is 0. The Morgan fingerprint density at radius 3 is 1.97 bits per heavy atom. The molecule has 1 heterocycles. The van der Waals surface area contributed by atoms with Crippen LogP contribution in [0.25, 0.3) is 0 Å². The van der Waals surface area contributed by atoms with Gasteiger partial charge in [0.05, 0.1) is 19.0 Å². The molecule has 0 aromatic heterocycles. The van der Waals surface area contributed by atoms with Gasteiger partial charge in [-0.1, -0.05) is 90.4 Å². The average Bonchev–Trinajstić information content (AvgIpc) is 3.20. The zero-order valence-corrected chi connectivity index (χ0v) is 19.9. The van der Waals surface area contributed by atoms with E-state index in [0.717, 1.165) is 18.9 Å². The van der Waals surface area contributed by atoms with E-state index in [1.54, 1.807) is 11.8 Å². The Bertz CT molecular complexity index is 417. The molecule has 1 aliphatic heterocycles. The molecule has 0 aromatic rings. The fraction of sp³-hybridized carbons (Fsp3) is 0.875. The molecular weight excluding hydrogens is 382 g/mol. The van der Waals surface area contributed by atoms with E-state index in [9.17, 15) is 4.79 Å². The number of hydrogen-bond donors (Lipinski definition) is 0. The highest BCUT2D eigenvalue weighted by Gasteiger charge is 2.17. The van der Waals surface area contributed by atoms with Crippen LogP contribution in [0.2, 0.25) is 0 Å². The predicted molar refractivity (Wildman–Crippen MR) is 125 cm³/mol. The van der Waals surface area contributed by atoms with Crippen LogP contribution in [0, 0.1) is 0 Å². The van der Waals surface area contributed by atoms with Gasteiger partial charge in [-0.3, -0.25) is 4.79 Å². The first-order valence-electron chi connectivity index (χ1n) is 12.0. The molecule has 5 heteroatoms. The van der Waals surface area contributed by atoms with E-state index in [2.05, 4.69) is 23.4 Å². The Hall–Kier alpha value is -0.680. The van der Waals surface area contributed by atoms with Crippen molar-refractivity contribution >= 4 is 17.7 Å². The quantitative estimate of drug-likeness (QED) is 0.156. The van der Waals surface area contributed by atoms with Crippen molar-refractivity contribution in [1.82, 2.24) is 4.90 Å². The van der Waals surface area contributed by atoms with Gasteiger partial charge < -0.3 is 14.4 Å². The minimum Gasteiger partial charge on any atom is -0.458 e. The molecule has 0 saturated carbocycles. The number of rotatable bonds is 20. The van der Waals surface area contributed by atoms with Crippen molar-refractivity contribution in [3.8, 4) is 0 Å². The molecule has 170 valence electrons. The number of unbranched alkanes of at least 4 members (excludes halogenated alkanes) is 13. The third kappa shape index (κ3) is 16.8. The van der Waals surface area contributed by atoms with Crippen molar-refractivity contribution in [2.75, 3.05) is 25.6 Å². The van der Waals surface area contributed by atoms with E-state index in [0.29, 0.717) is 13.2 Å². The summed E-state index contributed by atoms with van der Waals surface area (Å²) in [6, 6.07) is 0. The number of thioether (sulfide) groups is 1. The van der Waals surface area contributed by atoms with Crippen LogP contribution in [0.5, 0.6) is 0 Å². The van der Waals surface area contributed by atoms with E-state index in [1.807, 2.05) is 0 Å². The first-order valence-corrected chi connectivity index (χ1v) is 13.0. The molecule has 0 radical (unpaired) electrons. The number of nitrogens with zero attached hydrogens (tertiary/aromatic N) is 1. The van der Waals surface area contributed by atoms with E-state index >= 15 is 0 Å². The third-order valence-corrected chi connectivity index (χ3v) is 6.12. The molecule has 0 aliphatic carbocycles. The lowest BCUT2D eigenvalue weighted by Crippen LogP contribution is -2.34. The van der Waals surface area contributed by atoms with Crippen LogP contribution < -0.4 is 0 Å². The first kappa shape index (κ1) is 26.4. The zero-order valence-electron chi connectivity index (χ0n) is 19.0. The van der Waals surface area contributed by atoms with Crippen LogP contribution in [0.3, 0.4) is 0 Å². The van der Waals surface area contributed by atoms with Crippen LogP contribution in [0.1, 0.15) is 104 Å². The molecule has 0 amide bonds. The fourth-order valence-electron chi connectivity index (χ4n) is 3.66. The summed E-state index contributed by atoms with van der Waals surface area (Å²) in [5.41, 5.74) is 0. The summed E-state index contributed by atoms with van der Waals surface area (Å²) in [4.78, 5) is 13.4. The molecular formula is C24H45NO3S. The van der Waals surface area contributed by atoms with E-state index in [-0.39, 0.29) is 12.1 Å². The molecule has 1 aliphatic rings. The van der Waals surface area contributed by atoms with Gasteiger partial charge in [0.1, 0.15) is 6.10 Å². The number of carbonyl (C=O) groups excluding carboxylic acids is 1. The van der Waals surface area contributed by atoms with Gasteiger partial charge in [0.2, 0.25) is 0 Å². The molecule has 1 unspecified atom stereocenters. The Morgan fingerprint density at radius 1 is 0.931 bits per heavy atom. The van der Waals surface area contributed by atoms with Crippen molar-refractivity contribution in [2.45, 2.75) is 110 Å². The number of carbonyl (C=O) groups is 1. The minimum atomic E-state index is -0.231. The van der Waals surface area contributed by atoms with Crippen molar-refractivity contribution in [3.63, 3.8) is 0 Å². The molecule has 0 bridgehead atoms. The largest absolute Gasteiger partial charge is 0.458 e. The highest BCUT2D eigenvalue weighted by molar-refractivity contribution is 8.02. The second kappa shape index (κ2) is 19.3. The molecule has 0 saturated heterocycles. The summed E-state index contributed by atoms with van der Waals surface area (Å²) < 4.78 is 11.2. The maximum atomic E-state index is 11.3. The summed E-state index contributed by atoms with van der Waals surface area (Å²) >= 11 is 1.76. The van der Waals surface area contributed by atoms with Gasteiger partial charge in [-0.25, -0.2) is 0 Å². The van der Waals surface area contributed by atoms with Crippen molar-refractivity contribution in [1.29, 1.82) is 0 Å². The summed E-state index contributed by atoms with van der Waals surface area (Å²) in [6.07, 6.45) is 21.0. The predicted octanol–water partition coefficient (Wildman–Crippen LogP) is 6.89. The van der Waals surface area contributed by atoms with Gasteiger partial charge in [0, 0.05) is 19.7 Å². The molecule has 1 rings (SSSR count). The van der Waals surface area contributed by atoms with Crippen molar-refractivity contribution in [3.05, 3.63) is 11.6 Å². The van der Waals surface area contributed by atoms with Crippen LogP contribution in [0.15, 0.2) is 11.6 Å². The van der Waals surface area contributed by atoms with Gasteiger partial charge in [-0.05, 0) is 11.8 Å². The van der Waals surface area contributed by atoms with E-state index in [1.165, 1.54) is 90.4 Å². The summed E-state index contributed by atoms with van der Waals surface area (Å²) in [5.74, 6) is 0.697. The van der Waals surface area contributed by atoms with Gasteiger partial charge in [0.15, 0.2) is 0 Å². The lowest BCUT2D eigenvalue weighted by molar-refractivity contribution is -0.150. The summed E-state index contributed by atoms with van der Waals surface area (Å²) in [5, 5.41) is 2.07. The van der Waals surface area contributed by atoms with Gasteiger partial charge in [0.25, 0.3) is 0 Å². The average molecular weight is 428 g/mol. The van der Waals surface area contributed by atoms with Gasteiger partial charge >= 0.3 is 5.97 Å². The third-order valence-electron chi connectivity index (χ3n) is 5.33. The van der Waals surface area contributed by atoms with Crippen molar-refractivity contribution < 1.29 is 14.3 Å². The Morgan fingerprint density at radius 2 is 1.48 bits per heavy atom. The first-order chi connectivity index (χ1) is 14.2.